The van der Waals surface area contributed by atoms with Crippen LogP contribution in [-0.2, 0) is 26.5 Å². The van der Waals surface area contributed by atoms with E-state index in [9.17, 15) is 9.90 Å². The van der Waals surface area contributed by atoms with Crippen LogP contribution in [0.2, 0.25) is 0 Å². The van der Waals surface area contributed by atoms with E-state index in [0.717, 1.165) is 24.0 Å². The molecule has 1 aliphatic rings. The zero-order valence-electron chi connectivity index (χ0n) is 12.1. The number of hydrogen-bond acceptors (Lipinski definition) is 4. The average molecular weight is 278 g/mol. The van der Waals surface area contributed by atoms with Crippen molar-refractivity contribution in [2.24, 2.45) is 5.92 Å². The van der Waals surface area contributed by atoms with Gasteiger partial charge in [-0.05, 0) is 17.5 Å². The van der Waals surface area contributed by atoms with E-state index in [2.05, 4.69) is 6.92 Å². The number of carbonyl (C=O) groups is 1. The van der Waals surface area contributed by atoms with E-state index in [1.807, 2.05) is 24.3 Å². The van der Waals surface area contributed by atoms with Crippen LogP contribution in [0.15, 0.2) is 24.3 Å². The van der Waals surface area contributed by atoms with Crippen LogP contribution in [-0.4, -0.2) is 24.8 Å². The molecule has 110 valence electrons. The van der Waals surface area contributed by atoms with Gasteiger partial charge in [-0.25, -0.2) is 0 Å². The Bertz CT molecular complexity index is 471. The highest BCUT2D eigenvalue weighted by Gasteiger charge is 2.46. The summed E-state index contributed by atoms with van der Waals surface area (Å²) in [6.07, 6.45) is 2.42. The lowest BCUT2D eigenvalue weighted by Crippen LogP contribution is -2.47. The fourth-order valence-corrected chi connectivity index (χ4v) is 2.85. The summed E-state index contributed by atoms with van der Waals surface area (Å²) in [5, 5.41) is 11.1. The first kappa shape index (κ1) is 15.0. The SMILES string of the molecule is CCCCC(C(=O)OC)C1(O)COCc2ccccc21. The van der Waals surface area contributed by atoms with Gasteiger partial charge in [0.1, 0.15) is 5.60 Å². The predicted octanol–water partition coefficient (Wildman–Crippen LogP) is 2.38. The number of carbonyl (C=O) groups excluding carboxylic acids is 1. The third-order valence-electron chi connectivity index (χ3n) is 3.97. The van der Waals surface area contributed by atoms with Crippen molar-refractivity contribution in [3.8, 4) is 0 Å². The Balaban J connectivity index is 2.38. The number of hydrogen-bond donors (Lipinski definition) is 1. The molecule has 1 aliphatic heterocycles. The van der Waals surface area contributed by atoms with Gasteiger partial charge in [-0.3, -0.25) is 4.79 Å². The molecular formula is C16H22O4. The van der Waals surface area contributed by atoms with E-state index in [1.54, 1.807) is 0 Å². The van der Waals surface area contributed by atoms with E-state index in [-0.39, 0.29) is 12.6 Å². The number of ether oxygens (including phenoxy) is 2. The van der Waals surface area contributed by atoms with E-state index in [0.29, 0.717) is 13.0 Å². The molecule has 0 radical (unpaired) electrons. The number of unbranched alkanes of at least 4 members (excludes halogenated alkanes) is 1. The molecular weight excluding hydrogens is 256 g/mol. The minimum atomic E-state index is -1.29. The second-order valence-electron chi connectivity index (χ2n) is 5.29. The number of esters is 1. The van der Waals surface area contributed by atoms with Gasteiger partial charge in [-0.15, -0.1) is 0 Å². The molecule has 0 bridgehead atoms. The highest BCUT2D eigenvalue weighted by molar-refractivity contribution is 5.74. The van der Waals surface area contributed by atoms with Crippen molar-refractivity contribution in [2.75, 3.05) is 13.7 Å². The van der Waals surface area contributed by atoms with Crippen LogP contribution >= 0.6 is 0 Å². The highest BCUT2D eigenvalue weighted by atomic mass is 16.5. The van der Waals surface area contributed by atoms with Crippen molar-refractivity contribution >= 4 is 5.97 Å². The van der Waals surface area contributed by atoms with Crippen LogP contribution < -0.4 is 0 Å². The Hall–Kier alpha value is -1.39. The van der Waals surface area contributed by atoms with Gasteiger partial charge < -0.3 is 14.6 Å². The summed E-state index contributed by atoms with van der Waals surface area (Å²) in [5.74, 6) is -0.963. The second-order valence-corrected chi connectivity index (χ2v) is 5.29. The molecule has 1 N–H and O–H groups in total. The molecule has 0 amide bonds. The Kier molecular flexibility index (Phi) is 4.78. The van der Waals surface area contributed by atoms with Crippen LogP contribution in [0.3, 0.4) is 0 Å². The summed E-state index contributed by atoms with van der Waals surface area (Å²) in [6, 6.07) is 7.59. The second kappa shape index (κ2) is 6.37. The molecule has 2 atom stereocenters. The predicted molar refractivity (Wildman–Crippen MR) is 75.0 cm³/mol. The van der Waals surface area contributed by atoms with Gasteiger partial charge in [-0.1, -0.05) is 44.0 Å². The molecule has 20 heavy (non-hydrogen) atoms. The Labute approximate surface area is 119 Å². The zero-order chi connectivity index (χ0) is 14.6. The first-order valence-electron chi connectivity index (χ1n) is 7.09. The van der Waals surface area contributed by atoms with E-state index >= 15 is 0 Å². The van der Waals surface area contributed by atoms with E-state index in [1.165, 1.54) is 7.11 Å². The molecule has 4 heteroatoms. The van der Waals surface area contributed by atoms with Gasteiger partial charge in [0.15, 0.2) is 0 Å². The number of rotatable bonds is 5. The van der Waals surface area contributed by atoms with Gasteiger partial charge >= 0.3 is 5.97 Å². The van der Waals surface area contributed by atoms with Crippen molar-refractivity contribution in [3.05, 3.63) is 35.4 Å². The normalized spacial score (nSPS) is 22.9. The standard InChI is InChI=1S/C16H22O4/c1-3-4-8-14(15(17)19-2)16(18)11-20-10-12-7-5-6-9-13(12)16/h5-7,9,14,18H,3-4,8,10-11H2,1-2H3. The average Bonchev–Trinajstić information content (AvgIpc) is 2.48. The van der Waals surface area contributed by atoms with Gasteiger partial charge in [0.2, 0.25) is 0 Å². The monoisotopic (exact) mass is 278 g/mol. The molecule has 1 aromatic carbocycles. The smallest absolute Gasteiger partial charge is 0.312 e. The van der Waals surface area contributed by atoms with Crippen molar-refractivity contribution < 1.29 is 19.4 Å². The summed E-state index contributed by atoms with van der Waals surface area (Å²) < 4.78 is 10.4. The lowest BCUT2D eigenvalue weighted by molar-refractivity contribution is -0.167. The lowest BCUT2D eigenvalue weighted by Gasteiger charge is -2.39. The van der Waals surface area contributed by atoms with Crippen molar-refractivity contribution in [3.63, 3.8) is 0 Å². The molecule has 0 saturated heterocycles. The lowest BCUT2D eigenvalue weighted by atomic mass is 9.76. The Morgan fingerprint density at radius 3 is 2.95 bits per heavy atom. The number of methoxy groups -OCH3 is 1. The van der Waals surface area contributed by atoms with Crippen LogP contribution in [0.1, 0.15) is 37.3 Å². The first-order valence-corrected chi connectivity index (χ1v) is 7.09. The quantitative estimate of drug-likeness (QED) is 0.840. The third-order valence-corrected chi connectivity index (χ3v) is 3.97. The Morgan fingerprint density at radius 1 is 1.50 bits per heavy atom. The largest absolute Gasteiger partial charge is 0.469 e. The fraction of sp³-hybridized carbons (Fsp3) is 0.562. The molecule has 0 spiro atoms. The van der Waals surface area contributed by atoms with Crippen LogP contribution in [0.5, 0.6) is 0 Å². The van der Waals surface area contributed by atoms with Crippen LogP contribution in [0, 0.1) is 5.92 Å². The topological polar surface area (TPSA) is 55.8 Å². The van der Waals surface area contributed by atoms with Crippen molar-refractivity contribution in [2.45, 2.75) is 38.4 Å². The van der Waals surface area contributed by atoms with Crippen LogP contribution in [0.25, 0.3) is 0 Å². The van der Waals surface area contributed by atoms with Crippen LogP contribution in [0.4, 0.5) is 0 Å². The maximum absolute atomic E-state index is 12.1. The maximum atomic E-state index is 12.1. The minimum Gasteiger partial charge on any atom is -0.469 e. The van der Waals surface area contributed by atoms with E-state index in [4.69, 9.17) is 9.47 Å². The highest BCUT2D eigenvalue weighted by Crippen LogP contribution is 2.39. The molecule has 0 fully saturated rings. The summed E-state index contributed by atoms with van der Waals surface area (Å²) in [7, 11) is 1.36. The maximum Gasteiger partial charge on any atom is 0.312 e. The van der Waals surface area contributed by atoms with Crippen molar-refractivity contribution in [1.29, 1.82) is 0 Å². The molecule has 2 rings (SSSR count). The molecule has 4 nitrogen and oxygen atoms in total. The number of fused-ring (bicyclic) bond motifs is 1. The van der Waals surface area contributed by atoms with Gasteiger partial charge in [-0.2, -0.15) is 0 Å². The molecule has 0 aliphatic carbocycles. The minimum absolute atomic E-state index is 0.132. The summed E-state index contributed by atoms with van der Waals surface area (Å²) in [5.41, 5.74) is 0.432. The van der Waals surface area contributed by atoms with Gasteiger partial charge in [0.05, 0.1) is 26.2 Å². The van der Waals surface area contributed by atoms with Gasteiger partial charge in [0, 0.05) is 0 Å². The van der Waals surface area contributed by atoms with Crippen molar-refractivity contribution in [1.82, 2.24) is 0 Å². The third kappa shape index (κ3) is 2.72. The number of benzene rings is 1. The Morgan fingerprint density at radius 2 is 2.25 bits per heavy atom. The molecule has 2 unspecified atom stereocenters. The zero-order valence-corrected chi connectivity index (χ0v) is 12.1. The molecule has 0 saturated carbocycles. The fourth-order valence-electron chi connectivity index (χ4n) is 2.85. The summed E-state index contributed by atoms with van der Waals surface area (Å²) >= 11 is 0. The molecule has 1 heterocycles. The van der Waals surface area contributed by atoms with E-state index < -0.39 is 11.5 Å². The molecule has 1 aromatic rings. The molecule has 0 aromatic heterocycles. The van der Waals surface area contributed by atoms with Gasteiger partial charge in [0.25, 0.3) is 0 Å². The summed E-state index contributed by atoms with van der Waals surface area (Å²) in [4.78, 5) is 12.1. The first-order chi connectivity index (χ1) is 9.63. The summed E-state index contributed by atoms with van der Waals surface area (Å²) in [6.45, 7) is 2.66. The number of aliphatic hydroxyl groups is 1.